The molecule has 0 bridgehead atoms. The van der Waals surface area contributed by atoms with E-state index >= 15 is 0 Å². The lowest BCUT2D eigenvalue weighted by Gasteiger charge is -2.14. The number of aliphatic carboxylic acids is 1. The zero-order chi connectivity index (χ0) is 16.0. The largest absolute Gasteiger partial charge is 0.508 e. The smallest absolute Gasteiger partial charge is 0.326 e. The van der Waals surface area contributed by atoms with Crippen LogP contribution < -0.4 is 5.32 Å². The lowest BCUT2D eigenvalue weighted by molar-refractivity contribution is -0.142. The molecule has 8 nitrogen and oxygen atoms in total. The SMILES string of the molecule is COC(=O)CC[C@H](NC(=O)c1cc(O)cc(O)c1)C(=O)O. The van der Waals surface area contributed by atoms with E-state index < -0.39 is 23.9 Å². The number of esters is 1. The number of nitrogens with one attached hydrogen (secondary N) is 1. The molecule has 1 rings (SSSR count). The van der Waals surface area contributed by atoms with Crippen LogP contribution in [0.2, 0.25) is 0 Å². The summed E-state index contributed by atoms with van der Waals surface area (Å²) >= 11 is 0. The summed E-state index contributed by atoms with van der Waals surface area (Å²) in [4.78, 5) is 33.9. The standard InChI is InChI=1S/C13H15NO7/c1-21-11(17)3-2-10(13(19)20)14-12(18)7-4-8(15)6-9(16)5-7/h4-6,10,15-16H,2-3H2,1H3,(H,14,18)(H,19,20)/t10-/m0/s1. The van der Waals surface area contributed by atoms with Gasteiger partial charge >= 0.3 is 11.9 Å². The van der Waals surface area contributed by atoms with E-state index in [1.807, 2.05) is 0 Å². The second kappa shape index (κ2) is 7.13. The number of carboxylic acids is 1. The number of hydrogen-bond acceptors (Lipinski definition) is 6. The van der Waals surface area contributed by atoms with Gasteiger partial charge in [0.2, 0.25) is 0 Å². The summed E-state index contributed by atoms with van der Waals surface area (Å²) in [7, 11) is 1.17. The van der Waals surface area contributed by atoms with Crippen molar-refractivity contribution >= 4 is 17.8 Å². The number of carboxylic acid groups (broad SMARTS) is 1. The topological polar surface area (TPSA) is 133 Å². The van der Waals surface area contributed by atoms with Gasteiger partial charge in [-0.2, -0.15) is 0 Å². The van der Waals surface area contributed by atoms with Gasteiger partial charge in [-0.1, -0.05) is 0 Å². The Bertz CT molecular complexity index is 535. The van der Waals surface area contributed by atoms with E-state index in [1.165, 1.54) is 7.11 Å². The van der Waals surface area contributed by atoms with Crippen LogP contribution in [0.15, 0.2) is 18.2 Å². The summed E-state index contributed by atoms with van der Waals surface area (Å²) in [5.74, 6) is -3.36. The van der Waals surface area contributed by atoms with Crippen LogP contribution >= 0.6 is 0 Å². The Hall–Kier alpha value is -2.77. The zero-order valence-corrected chi connectivity index (χ0v) is 11.2. The number of phenolic OH excluding ortho intramolecular Hbond substituents is 2. The molecule has 0 aliphatic rings. The number of ether oxygens (including phenoxy) is 1. The number of benzene rings is 1. The molecule has 0 aliphatic heterocycles. The normalized spacial score (nSPS) is 11.5. The molecule has 1 amide bonds. The Labute approximate surface area is 120 Å². The quantitative estimate of drug-likeness (QED) is 0.552. The Balaban J connectivity index is 2.76. The summed E-state index contributed by atoms with van der Waals surface area (Å²) in [6, 6.07) is 1.90. The van der Waals surface area contributed by atoms with E-state index in [9.17, 15) is 24.6 Å². The third kappa shape index (κ3) is 5.01. The Morgan fingerprint density at radius 2 is 1.76 bits per heavy atom. The van der Waals surface area contributed by atoms with Gasteiger partial charge in [0.1, 0.15) is 17.5 Å². The summed E-state index contributed by atoms with van der Waals surface area (Å²) in [6.07, 6.45) is -0.308. The molecule has 21 heavy (non-hydrogen) atoms. The van der Waals surface area contributed by atoms with Gasteiger partial charge in [0.05, 0.1) is 7.11 Å². The van der Waals surface area contributed by atoms with Crippen LogP contribution in [-0.4, -0.2) is 46.3 Å². The number of hydrogen-bond donors (Lipinski definition) is 4. The first-order valence-electron chi connectivity index (χ1n) is 5.97. The lowest BCUT2D eigenvalue weighted by atomic mass is 10.1. The molecule has 114 valence electrons. The highest BCUT2D eigenvalue weighted by atomic mass is 16.5. The molecule has 1 aromatic rings. The van der Waals surface area contributed by atoms with Crippen molar-refractivity contribution in [2.24, 2.45) is 0 Å². The van der Waals surface area contributed by atoms with Crippen molar-refractivity contribution in [1.29, 1.82) is 0 Å². The minimum Gasteiger partial charge on any atom is -0.508 e. The van der Waals surface area contributed by atoms with Crippen LogP contribution in [-0.2, 0) is 14.3 Å². The summed E-state index contributed by atoms with van der Waals surface area (Å²) in [5, 5.41) is 29.7. The molecular formula is C13H15NO7. The fourth-order valence-electron chi connectivity index (χ4n) is 1.59. The minimum atomic E-state index is -1.31. The number of aromatic hydroxyl groups is 2. The maximum atomic E-state index is 11.9. The average Bonchev–Trinajstić information content (AvgIpc) is 2.41. The third-order valence-electron chi connectivity index (χ3n) is 2.63. The molecule has 0 aromatic heterocycles. The summed E-state index contributed by atoms with van der Waals surface area (Å²) < 4.78 is 4.39. The number of methoxy groups -OCH3 is 1. The highest BCUT2D eigenvalue weighted by Crippen LogP contribution is 2.20. The van der Waals surface area contributed by atoms with Crippen LogP contribution in [0.1, 0.15) is 23.2 Å². The zero-order valence-electron chi connectivity index (χ0n) is 11.2. The first-order chi connectivity index (χ1) is 9.83. The predicted molar refractivity (Wildman–Crippen MR) is 69.9 cm³/mol. The van der Waals surface area contributed by atoms with Gasteiger partial charge in [-0.15, -0.1) is 0 Å². The molecule has 8 heteroatoms. The maximum absolute atomic E-state index is 11.9. The second-order valence-corrected chi connectivity index (χ2v) is 4.22. The van der Waals surface area contributed by atoms with E-state index in [2.05, 4.69) is 10.1 Å². The number of carbonyl (C=O) groups excluding carboxylic acids is 2. The third-order valence-corrected chi connectivity index (χ3v) is 2.63. The van der Waals surface area contributed by atoms with Gasteiger partial charge in [-0.3, -0.25) is 9.59 Å². The molecule has 0 unspecified atom stereocenters. The fourth-order valence-corrected chi connectivity index (χ4v) is 1.59. The Morgan fingerprint density at radius 3 is 2.24 bits per heavy atom. The van der Waals surface area contributed by atoms with Crippen molar-refractivity contribution in [3.05, 3.63) is 23.8 Å². The van der Waals surface area contributed by atoms with Crippen LogP contribution in [0.3, 0.4) is 0 Å². The van der Waals surface area contributed by atoms with Crippen molar-refractivity contribution < 1.29 is 34.4 Å². The van der Waals surface area contributed by atoms with Crippen LogP contribution in [0.25, 0.3) is 0 Å². The first kappa shape index (κ1) is 16.3. The van der Waals surface area contributed by atoms with Crippen molar-refractivity contribution in [2.45, 2.75) is 18.9 Å². The van der Waals surface area contributed by atoms with Crippen LogP contribution in [0, 0.1) is 0 Å². The number of carbonyl (C=O) groups is 3. The van der Waals surface area contributed by atoms with Crippen molar-refractivity contribution in [2.75, 3.05) is 7.11 Å². The molecule has 1 aromatic carbocycles. The Morgan fingerprint density at radius 1 is 1.19 bits per heavy atom. The minimum absolute atomic E-state index is 0.100. The van der Waals surface area contributed by atoms with Gasteiger partial charge in [-0.05, 0) is 18.6 Å². The molecule has 0 aliphatic carbocycles. The molecule has 0 fully saturated rings. The monoisotopic (exact) mass is 297 g/mol. The highest BCUT2D eigenvalue weighted by Gasteiger charge is 2.22. The van der Waals surface area contributed by atoms with Gasteiger partial charge in [0, 0.05) is 18.1 Å². The van der Waals surface area contributed by atoms with Crippen molar-refractivity contribution in [3.8, 4) is 11.5 Å². The molecule has 4 N–H and O–H groups in total. The number of amides is 1. The fraction of sp³-hybridized carbons (Fsp3) is 0.308. The second-order valence-electron chi connectivity index (χ2n) is 4.22. The van der Waals surface area contributed by atoms with E-state index in [0.29, 0.717) is 0 Å². The van der Waals surface area contributed by atoms with Gasteiger partial charge in [0.15, 0.2) is 0 Å². The van der Waals surface area contributed by atoms with Gasteiger partial charge < -0.3 is 25.4 Å². The van der Waals surface area contributed by atoms with E-state index in [4.69, 9.17) is 5.11 Å². The van der Waals surface area contributed by atoms with E-state index in [0.717, 1.165) is 18.2 Å². The van der Waals surface area contributed by atoms with Crippen molar-refractivity contribution in [1.82, 2.24) is 5.32 Å². The first-order valence-corrected chi connectivity index (χ1v) is 5.97. The van der Waals surface area contributed by atoms with Crippen LogP contribution in [0.5, 0.6) is 11.5 Å². The molecule has 0 spiro atoms. The molecule has 1 atom stereocenters. The molecule has 0 radical (unpaired) electrons. The molecule has 0 saturated carbocycles. The van der Waals surface area contributed by atoms with Gasteiger partial charge in [-0.25, -0.2) is 4.79 Å². The number of phenols is 2. The van der Waals surface area contributed by atoms with Gasteiger partial charge in [0.25, 0.3) is 5.91 Å². The molecular weight excluding hydrogens is 282 g/mol. The molecule has 0 saturated heterocycles. The van der Waals surface area contributed by atoms with Crippen molar-refractivity contribution in [3.63, 3.8) is 0 Å². The van der Waals surface area contributed by atoms with E-state index in [1.54, 1.807) is 0 Å². The van der Waals surface area contributed by atoms with E-state index in [-0.39, 0.29) is 29.9 Å². The summed E-state index contributed by atoms with van der Waals surface area (Å²) in [6.45, 7) is 0. The van der Waals surface area contributed by atoms with Crippen LogP contribution in [0.4, 0.5) is 0 Å². The highest BCUT2D eigenvalue weighted by molar-refractivity contribution is 5.97. The lowest BCUT2D eigenvalue weighted by Crippen LogP contribution is -2.41. The Kier molecular flexibility index (Phi) is 5.53. The summed E-state index contributed by atoms with van der Waals surface area (Å²) in [5.41, 5.74) is -0.100. The maximum Gasteiger partial charge on any atom is 0.326 e. The average molecular weight is 297 g/mol. The molecule has 0 heterocycles. The number of rotatable bonds is 6. The predicted octanol–water partition coefficient (Wildman–Crippen LogP) is 0.234.